The Morgan fingerprint density at radius 2 is 1.86 bits per heavy atom. The molecule has 0 saturated heterocycles. The SMILES string of the molecule is OC[C@@H](NC(c1cccs1)C1CCCC1)c1ccccc1. The number of hydrogen-bond acceptors (Lipinski definition) is 3. The van der Waals surface area contributed by atoms with E-state index in [1.54, 1.807) is 0 Å². The molecule has 21 heavy (non-hydrogen) atoms. The van der Waals surface area contributed by atoms with Gasteiger partial charge in [0.25, 0.3) is 0 Å². The van der Waals surface area contributed by atoms with Crippen LogP contribution in [0.15, 0.2) is 47.8 Å². The minimum Gasteiger partial charge on any atom is -0.394 e. The second-order valence-electron chi connectivity index (χ2n) is 5.85. The Hall–Kier alpha value is -1.16. The van der Waals surface area contributed by atoms with Gasteiger partial charge in [0.05, 0.1) is 12.6 Å². The molecule has 3 heteroatoms. The Labute approximate surface area is 130 Å². The Balaban J connectivity index is 1.80. The van der Waals surface area contributed by atoms with Crippen LogP contribution in [0.2, 0.25) is 0 Å². The molecule has 0 spiro atoms. The van der Waals surface area contributed by atoms with Crippen molar-refractivity contribution in [2.24, 2.45) is 5.92 Å². The zero-order chi connectivity index (χ0) is 14.5. The molecule has 2 N–H and O–H groups in total. The van der Waals surface area contributed by atoms with Crippen LogP contribution in [-0.2, 0) is 0 Å². The van der Waals surface area contributed by atoms with Crippen molar-refractivity contribution in [2.45, 2.75) is 37.8 Å². The van der Waals surface area contributed by atoms with Gasteiger partial charge in [0.1, 0.15) is 0 Å². The predicted molar refractivity (Wildman–Crippen MR) is 88.4 cm³/mol. The lowest BCUT2D eigenvalue weighted by Gasteiger charge is -2.28. The zero-order valence-electron chi connectivity index (χ0n) is 12.2. The Bertz CT molecular complexity index is 519. The molecular formula is C18H23NOS. The number of thiophene rings is 1. The van der Waals surface area contributed by atoms with Crippen molar-refractivity contribution in [3.63, 3.8) is 0 Å². The van der Waals surface area contributed by atoms with Gasteiger partial charge in [0.15, 0.2) is 0 Å². The lowest BCUT2D eigenvalue weighted by Crippen LogP contribution is -2.32. The molecule has 1 aliphatic carbocycles. The van der Waals surface area contributed by atoms with E-state index in [1.807, 2.05) is 29.5 Å². The molecule has 0 amide bonds. The first kappa shape index (κ1) is 14.8. The quantitative estimate of drug-likeness (QED) is 0.833. The molecule has 2 atom stereocenters. The largest absolute Gasteiger partial charge is 0.394 e. The highest BCUT2D eigenvalue weighted by Gasteiger charge is 2.29. The highest BCUT2D eigenvalue weighted by atomic mass is 32.1. The molecule has 2 aromatic rings. The van der Waals surface area contributed by atoms with E-state index in [0.717, 1.165) is 0 Å². The first-order valence-electron chi connectivity index (χ1n) is 7.83. The van der Waals surface area contributed by atoms with Crippen molar-refractivity contribution < 1.29 is 5.11 Å². The molecule has 1 saturated carbocycles. The minimum atomic E-state index is 0.0129. The third kappa shape index (κ3) is 3.54. The van der Waals surface area contributed by atoms with Crippen LogP contribution in [0.3, 0.4) is 0 Å². The molecule has 1 aliphatic rings. The van der Waals surface area contributed by atoms with Crippen LogP contribution in [0, 0.1) is 5.92 Å². The van der Waals surface area contributed by atoms with Crippen LogP contribution in [0.1, 0.15) is 48.2 Å². The van der Waals surface area contributed by atoms with Crippen molar-refractivity contribution in [2.75, 3.05) is 6.61 Å². The van der Waals surface area contributed by atoms with Gasteiger partial charge in [-0.2, -0.15) is 0 Å². The standard InChI is InChI=1S/C18H23NOS/c20-13-16(14-7-2-1-3-8-14)19-18(15-9-4-5-10-15)17-11-6-12-21-17/h1-3,6-8,11-12,15-16,18-20H,4-5,9-10,13H2/t16-,18?/m1/s1. The maximum Gasteiger partial charge on any atom is 0.0626 e. The van der Waals surface area contributed by atoms with Gasteiger partial charge < -0.3 is 10.4 Å². The van der Waals surface area contributed by atoms with Crippen LogP contribution in [0.4, 0.5) is 0 Å². The lowest BCUT2D eigenvalue weighted by atomic mass is 9.94. The van der Waals surface area contributed by atoms with Gasteiger partial charge in [-0.25, -0.2) is 0 Å². The van der Waals surface area contributed by atoms with E-state index >= 15 is 0 Å². The summed E-state index contributed by atoms with van der Waals surface area (Å²) in [6.07, 6.45) is 5.26. The third-order valence-electron chi connectivity index (χ3n) is 4.49. The van der Waals surface area contributed by atoms with Gasteiger partial charge in [-0.1, -0.05) is 49.2 Å². The normalized spacial score (nSPS) is 18.7. The highest BCUT2D eigenvalue weighted by molar-refractivity contribution is 7.10. The van der Waals surface area contributed by atoms with Crippen molar-refractivity contribution in [3.05, 3.63) is 58.3 Å². The van der Waals surface area contributed by atoms with Crippen LogP contribution < -0.4 is 5.32 Å². The first-order chi connectivity index (χ1) is 10.4. The molecule has 1 fully saturated rings. The third-order valence-corrected chi connectivity index (χ3v) is 5.44. The Morgan fingerprint density at radius 1 is 1.10 bits per heavy atom. The summed E-state index contributed by atoms with van der Waals surface area (Å²) >= 11 is 1.82. The summed E-state index contributed by atoms with van der Waals surface area (Å²) < 4.78 is 0. The molecule has 1 unspecified atom stereocenters. The van der Waals surface area contributed by atoms with Crippen molar-refractivity contribution in [1.29, 1.82) is 0 Å². The molecule has 2 nitrogen and oxygen atoms in total. The fraction of sp³-hybridized carbons (Fsp3) is 0.444. The van der Waals surface area contributed by atoms with Crippen LogP contribution in [0.25, 0.3) is 0 Å². The number of benzene rings is 1. The smallest absolute Gasteiger partial charge is 0.0626 e. The number of hydrogen-bond donors (Lipinski definition) is 2. The molecule has 1 heterocycles. The molecule has 0 radical (unpaired) electrons. The molecule has 0 bridgehead atoms. The topological polar surface area (TPSA) is 32.3 Å². The number of nitrogens with one attached hydrogen (secondary N) is 1. The summed E-state index contributed by atoms with van der Waals surface area (Å²) in [4.78, 5) is 1.40. The molecule has 1 aromatic heterocycles. The molecule has 1 aromatic carbocycles. The van der Waals surface area contributed by atoms with E-state index in [9.17, 15) is 5.11 Å². The monoisotopic (exact) mass is 301 g/mol. The predicted octanol–water partition coefficient (Wildman–Crippen LogP) is 4.30. The number of rotatable bonds is 6. The summed E-state index contributed by atoms with van der Waals surface area (Å²) in [7, 11) is 0. The summed E-state index contributed by atoms with van der Waals surface area (Å²) in [5.74, 6) is 0.696. The van der Waals surface area contributed by atoms with Crippen molar-refractivity contribution in [1.82, 2.24) is 5.32 Å². The van der Waals surface area contributed by atoms with E-state index in [-0.39, 0.29) is 12.6 Å². The summed E-state index contributed by atoms with van der Waals surface area (Å²) in [6.45, 7) is 0.138. The average Bonchev–Trinajstić information content (AvgIpc) is 3.23. The number of aliphatic hydroxyl groups is 1. The molecule has 3 rings (SSSR count). The first-order valence-corrected chi connectivity index (χ1v) is 8.71. The molecule has 0 aliphatic heterocycles. The van der Waals surface area contributed by atoms with E-state index in [4.69, 9.17) is 0 Å². The second-order valence-corrected chi connectivity index (χ2v) is 6.83. The van der Waals surface area contributed by atoms with Gasteiger partial charge in [0.2, 0.25) is 0 Å². The van der Waals surface area contributed by atoms with E-state index < -0.39 is 0 Å². The maximum atomic E-state index is 9.81. The maximum absolute atomic E-state index is 9.81. The van der Waals surface area contributed by atoms with E-state index in [1.165, 1.54) is 36.1 Å². The second kappa shape index (κ2) is 7.21. The van der Waals surface area contributed by atoms with Gasteiger partial charge in [-0.3, -0.25) is 0 Å². The Kier molecular flexibility index (Phi) is 5.07. The van der Waals surface area contributed by atoms with Gasteiger partial charge in [0, 0.05) is 10.9 Å². The summed E-state index contributed by atoms with van der Waals surface area (Å²) in [5, 5.41) is 15.7. The van der Waals surface area contributed by atoms with Crippen LogP contribution >= 0.6 is 11.3 Å². The number of aliphatic hydroxyl groups excluding tert-OH is 1. The van der Waals surface area contributed by atoms with Gasteiger partial charge >= 0.3 is 0 Å². The van der Waals surface area contributed by atoms with E-state index in [0.29, 0.717) is 12.0 Å². The highest BCUT2D eigenvalue weighted by Crippen LogP contribution is 2.38. The summed E-state index contributed by atoms with van der Waals surface area (Å²) in [6, 6.07) is 15.0. The molecule has 112 valence electrons. The zero-order valence-corrected chi connectivity index (χ0v) is 13.1. The van der Waals surface area contributed by atoms with Gasteiger partial charge in [-0.15, -0.1) is 11.3 Å². The van der Waals surface area contributed by atoms with Crippen LogP contribution in [-0.4, -0.2) is 11.7 Å². The van der Waals surface area contributed by atoms with Crippen LogP contribution in [0.5, 0.6) is 0 Å². The lowest BCUT2D eigenvalue weighted by molar-refractivity contribution is 0.217. The van der Waals surface area contributed by atoms with E-state index in [2.05, 4.69) is 35.0 Å². The average molecular weight is 301 g/mol. The van der Waals surface area contributed by atoms with Crippen molar-refractivity contribution in [3.8, 4) is 0 Å². The molecular weight excluding hydrogens is 278 g/mol. The van der Waals surface area contributed by atoms with Crippen molar-refractivity contribution >= 4 is 11.3 Å². The fourth-order valence-electron chi connectivity index (χ4n) is 3.37. The minimum absolute atomic E-state index is 0.0129. The summed E-state index contributed by atoms with van der Waals surface area (Å²) in [5.41, 5.74) is 1.17. The Morgan fingerprint density at radius 3 is 2.48 bits per heavy atom. The van der Waals surface area contributed by atoms with Gasteiger partial charge in [-0.05, 0) is 35.8 Å². The fourth-order valence-corrected chi connectivity index (χ4v) is 4.24.